The Morgan fingerprint density at radius 1 is 0.915 bits per heavy atom. The van der Waals surface area contributed by atoms with Crippen molar-refractivity contribution in [1.82, 2.24) is 35.1 Å². The Bertz CT molecular complexity index is 1520. The summed E-state index contributed by atoms with van der Waals surface area (Å²) in [5.74, 6) is -1.17. The number of alkyl carbamates (subject to hydrolysis) is 1. The maximum absolute atomic E-state index is 14.3. The van der Waals surface area contributed by atoms with Crippen LogP contribution < -0.4 is 10.6 Å². The molecular weight excluding hydrogens is 757 g/mol. The van der Waals surface area contributed by atoms with Gasteiger partial charge < -0.3 is 49.3 Å². The Kier molecular flexibility index (Phi) is 21.1. The number of benzene rings is 1. The zero-order valence-electron chi connectivity index (χ0n) is 38.2. The number of nitrogens with one attached hydrogen (secondary N) is 2. The Morgan fingerprint density at radius 2 is 1.54 bits per heavy atom. The number of hydrogen-bond donors (Lipinski definition) is 2. The van der Waals surface area contributed by atoms with Gasteiger partial charge in [-0.25, -0.2) is 9.79 Å². The van der Waals surface area contributed by atoms with Crippen LogP contribution in [0.1, 0.15) is 65.9 Å². The van der Waals surface area contributed by atoms with Crippen LogP contribution >= 0.6 is 0 Å². The Balaban J connectivity index is 2.33. The third-order valence-electron chi connectivity index (χ3n) is 11.3. The van der Waals surface area contributed by atoms with Gasteiger partial charge in [-0.05, 0) is 30.2 Å². The van der Waals surface area contributed by atoms with Crippen molar-refractivity contribution < 1.29 is 38.2 Å². The number of likely N-dealkylation sites (N-methyl/N-ethyl adjacent to an activating group) is 2. The average Bonchev–Trinajstić information content (AvgIpc) is 3.69. The molecule has 2 rings (SSSR count). The number of nitrogens with zero attached hydrogens (tertiary/aromatic N) is 6. The van der Waals surface area contributed by atoms with Gasteiger partial charge in [-0.3, -0.25) is 19.2 Å². The van der Waals surface area contributed by atoms with Crippen molar-refractivity contribution in [3.8, 4) is 0 Å². The first-order valence-electron chi connectivity index (χ1n) is 20.8. The van der Waals surface area contributed by atoms with Gasteiger partial charge in [0.2, 0.25) is 23.6 Å². The first-order chi connectivity index (χ1) is 27.8. The monoisotopic (exact) mass is 831 g/mol. The van der Waals surface area contributed by atoms with E-state index in [-0.39, 0.29) is 61.5 Å². The van der Waals surface area contributed by atoms with Crippen molar-refractivity contribution >= 4 is 35.7 Å². The molecule has 0 saturated carbocycles. The molecule has 16 heteroatoms. The molecule has 1 aliphatic heterocycles. The number of carbonyl (C=O) groups is 5. The number of ether oxygens (including phenoxy) is 3. The molecule has 2 N–H and O–H groups in total. The maximum atomic E-state index is 14.3. The van der Waals surface area contributed by atoms with E-state index in [2.05, 4.69) is 24.5 Å². The highest BCUT2D eigenvalue weighted by Crippen LogP contribution is 2.30. The zero-order valence-corrected chi connectivity index (χ0v) is 38.2. The van der Waals surface area contributed by atoms with Crippen LogP contribution in [-0.2, 0) is 39.8 Å². The van der Waals surface area contributed by atoms with Gasteiger partial charge in [-0.1, -0.05) is 71.4 Å². The van der Waals surface area contributed by atoms with E-state index in [0.717, 1.165) is 18.4 Å². The summed E-state index contributed by atoms with van der Waals surface area (Å²) in [4.78, 5) is 81.5. The molecular formula is C43H74N8O8. The molecule has 7 unspecified atom stereocenters. The lowest BCUT2D eigenvalue weighted by molar-refractivity contribution is -0.147. The fourth-order valence-corrected chi connectivity index (χ4v) is 7.84. The van der Waals surface area contributed by atoms with Gasteiger partial charge in [0, 0.05) is 76.5 Å². The van der Waals surface area contributed by atoms with E-state index in [1.165, 1.54) is 19.1 Å². The summed E-state index contributed by atoms with van der Waals surface area (Å²) in [6.07, 6.45) is 0.486. The normalized spacial score (nSPS) is 17.4. The van der Waals surface area contributed by atoms with Crippen LogP contribution in [0.2, 0.25) is 0 Å². The molecule has 8 atom stereocenters. The van der Waals surface area contributed by atoms with Crippen molar-refractivity contribution in [1.29, 1.82) is 0 Å². The molecule has 5 amide bonds. The summed E-state index contributed by atoms with van der Waals surface area (Å²) in [5.41, 5.74) is 0.861. The second kappa shape index (κ2) is 24.6. The highest BCUT2D eigenvalue weighted by molar-refractivity contribution is 5.89. The first kappa shape index (κ1) is 50.7. The summed E-state index contributed by atoms with van der Waals surface area (Å²) < 4.78 is 17.1. The lowest BCUT2D eigenvalue weighted by Gasteiger charge is -2.40. The van der Waals surface area contributed by atoms with E-state index < -0.39 is 48.4 Å². The van der Waals surface area contributed by atoms with E-state index >= 15 is 0 Å². The van der Waals surface area contributed by atoms with Crippen molar-refractivity contribution in [2.24, 2.45) is 22.7 Å². The molecule has 0 bridgehead atoms. The van der Waals surface area contributed by atoms with Gasteiger partial charge in [0.25, 0.3) is 0 Å². The standard InChI is InChI=1S/C43H74N8O8/c1-15-29(4)37(50(12)41(55)36(28(2)3)46-42(47(7)8)48(9)10)34(57-13)27-35(52)51-23-19-22-33(51)38(58-14)30(5)39(53)45-32(26-31-20-17-16-18-21-31)40(54)49(11)24-25-59-43(56)44-6/h16-18,20-21,28-30,32-34,36-38H,15,19,22-27H2,1-14H3,(H,44,56)(H,45,53)/t29?,30?,32?,33-,34?,36?,37?,38?/m0/s1. The third-order valence-corrected chi connectivity index (χ3v) is 11.3. The van der Waals surface area contributed by atoms with Crippen molar-refractivity contribution in [3.63, 3.8) is 0 Å². The Hall–Kier alpha value is -4.44. The summed E-state index contributed by atoms with van der Waals surface area (Å²) in [6, 6.07) is 7.01. The predicted molar refractivity (Wildman–Crippen MR) is 230 cm³/mol. The Morgan fingerprint density at radius 3 is 2.07 bits per heavy atom. The van der Waals surface area contributed by atoms with Crippen LogP contribution in [-0.4, -0.2) is 180 Å². The minimum atomic E-state index is -0.908. The number of amides is 5. The molecule has 334 valence electrons. The van der Waals surface area contributed by atoms with Crippen LogP contribution in [0.3, 0.4) is 0 Å². The van der Waals surface area contributed by atoms with Crippen molar-refractivity contribution in [2.75, 3.05) is 83.2 Å². The highest BCUT2D eigenvalue weighted by atomic mass is 16.5. The molecule has 1 aromatic rings. The second-order valence-corrected chi connectivity index (χ2v) is 16.4. The van der Waals surface area contributed by atoms with Crippen LogP contribution in [0.25, 0.3) is 0 Å². The van der Waals surface area contributed by atoms with Gasteiger partial charge >= 0.3 is 6.09 Å². The number of methoxy groups -OCH3 is 2. The smallest absolute Gasteiger partial charge is 0.406 e. The molecule has 1 heterocycles. The van der Waals surface area contributed by atoms with E-state index in [0.29, 0.717) is 18.9 Å². The van der Waals surface area contributed by atoms with E-state index in [1.54, 1.807) is 37.9 Å². The van der Waals surface area contributed by atoms with Crippen LogP contribution in [0.5, 0.6) is 0 Å². The molecule has 0 aliphatic carbocycles. The zero-order chi connectivity index (χ0) is 44.6. The number of aliphatic imine (C=N–C) groups is 1. The lowest BCUT2D eigenvalue weighted by Crippen LogP contribution is -2.56. The molecule has 1 aromatic carbocycles. The van der Waals surface area contributed by atoms with E-state index in [1.807, 2.05) is 82.2 Å². The minimum Gasteiger partial charge on any atom is -0.448 e. The summed E-state index contributed by atoms with van der Waals surface area (Å²) in [7, 11) is 15.5. The number of hydrogen-bond acceptors (Lipinski definition) is 9. The lowest BCUT2D eigenvalue weighted by atomic mass is 9.89. The molecule has 0 aromatic heterocycles. The van der Waals surface area contributed by atoms with Gasteiger partial charge in [0.15, 0.2) is 5.96 Å². The Labute approximate surface area is 353 Å². The van der Waals surface area contributed by atoms with E-state index in [9.17, 15) is 24.0 Å². The van der Waals surface area contributed by atoms with Crippen molar-refractivity contribution in [2.45, 2.75) is 103 Å². The average molecular weight is 831 g/mol. The second-order valence-electron chi connectivity index (χ2n) is 16.4. The highest BCUT2D eigenvalue weighted by Gasteiger charge is 2.43. The summed E-state index contributed by atoms with van der Waals surface area (Å²) in [6.45, 7) is 10.4. The summed E-state index contributed by atoms with van der Waals surface area (Å²) >= 11 is 0. The first-order valence-corrected chi connectivity index (χ1v) is 20.8. The fraction of sp³-hybridized carbons (Fsp3) is 0.721. The molecule has 0 radical (unpaired) electrons. The number of guanidine groups is 1. The number of likely N-dealkylation sites (tertiary alicyclic amines) is 1. The van der Waals surface area contributed by atoms with Gasteiger partial charge in [0.1, 0.15) is 18.7 Å². The van der Waals surface area contributed by atoms with Gasteiger partial charge in [-0.15, -0.1) is 0 Å². The molecule has 1 aliphatic rings. The summed E-state index contributed by atoms with van der Waals surface area (Å²) in [5, 5.41) is 5.35. The predicted octanol–water partition coefficient (Wildman–Crippen LogP) is 2.95. The molecule has 0 spiro atoms. The van der Waals surface area contributed by atoms with E-state index in [4.69, 9.17) is 19.2 Å². The quantitative estimate of drug-likeness (QED) is 0.139. The molecule has 59 heavy (non-hydrogen) atoms. The minimum absolute atomic E-state index is 0.000528. The maximum Gasteiger partial charge on any atom is 0.406 e. The largest absolute Gasteiger partial charge is 0.448 e. The van der Waals surface area contributed by atoms with Crippen molar-refractivity contribution in [3.05, 3.63) is 35.9 Å². The van der Waals surface area contributed by atoms with Crippen LogP contribution in [0.4, 0.5) is 4.79 Å². The topological polar surface area (TPSA) is 166 Å². The number of rotatable bonds is 21. The van der Waals surface area contributed by atoms with Gasteiger partial charge in [0.05, 0.1) is 43.2 Å². The molecule has 16 nitrogen and oxygen atoms in total. The van der Waals surface area contributed by atoms with Gasteiger partial charge in [-0.2, -0.15) is 0 Å². The van der Waals surface area contributed by atoms with Crippen LogP contribution in [0.15, 0.2) is 35.3 Å². The van der Waals surface area contributed by atoms with Crippen LogP contribution in [0, 0.1) is 17.8 Å². The molecule has 1 fully saturated rings. The third kappa shape index (κ3) is 14.4. The fourth-order valence-electron chi connectivity index (χ4n) is 7.84. The SMILES string of the molecule is CCC(C)C(C(CC(=O)N1CCC[C@H]1C(OC)C(C)C(=O)NC(Cc1ccccc1)C(=O)N(C)CCOC(=O)NC)OC)N(C)C(=O)C(N=C(N(C)C)N(C)C)C(C)C. The molecule has 1 saturated heterocycles. The number of carbonyl (C=O) groups excluding carboxylic acids is 5.